The number of rotatable bonds is 4. The van der Waals surface area contributed by atoms with E-state index >= 15 is 0 Å². The fraction of sp³-hybridized carbons (Fsp3) is 0.467. The number of nitrogens with zero attached hydrogens (tertiary/aromatic N) is 2. The van der Waals surface area contributed by atoms with Gasteiger partial charge in [0.25, 0.3) is 0 Å². The molecule has 0 spiro atoms. The maximum Gasteiger partial charge on any atom is 0.350 e. The molecule has 2 fully saturated rings. The molecule has 1 aromatic heterocycles. The average Bonchev–Trinajstić information content (AvgIpc) is 3.28. The standard InChI is InChI=1S/C15H17N3O/c19-15-17-14(16-9-10-5-6-10)12-3-1-2-4-13(12)18(15)11-7-8-11/h1-4,10-11H,5-9H2,(H,16,17,19). The summed E-state index contributed by atoms with van der Waals surface area (Å²) in [6.07, 6.45) is 4.79. The molecule has 0 aliphatic heterocycles. The summed E-state index contributed by atoms with van der Waals surface area (Å²) < 4.78 is 1.86. The molecular formula is C15H17N3O. The summed E-state index contributed by atoms with van der Waals surface area (Å²) in [6.45, 7) is 0.934. The number of hydrogen-bond donors (Lipinski definition) is 1. The maximum absolute atomic E-state index is 12.2. The molecular weight excluding hydrogens is 238 g/mol. The second-order valence-corrected chi connectivity index (χ2v) is 5.69. The first-order valence-corrected chi connectivity index (χ1v) is 7.08. The number of anilines is 1. The van der Waals surface area contributed by atoms with Crippen LogP contribution in [0.4, 0.5) is 5.82 Å². The summed E-state index contributed by atoms with van der Waals surface area (Å²) in [5, 5.41) is 4.42. The number of fused-ring (bicyclic) bond motifs is 1. The van der Waals surface area contributed by atoms with Crippen LogP contribution in [-0.2, 0) is 0 Å². The fourth-order valence-electron chi connectivity index (χ4n) is 2.58. The minimum Gasteiger partial charge on any atom is -0.369 e. The molecule has 4 heteroatoms. The summed E-state index contributed by atoms with van der Waals surface area (Å²) in [6, 6.07) is 8.44. The predicted molar refractivity (Wildman–Crippen MR) is 75.5 cm³/mol. The van der Waals surface area contributed by atoms with E-state index in [0.29, 0.717) is 6.04 Å². The summed E-state index contributed by atoms with van der Waals surface area (Å²) in [7, 11) is 0. The average molecular weight is 255 g/mol. The molecule has 98 valence electrons. The number of aromatic nitrogens is 2. The lowest BCUT2D eigenvalue weighted by Crippen LogP contribution is -2.24. The molecule has 0 bridgehead atoms. The van der Waals surface area contributed by atoms with Gasteiger partial charge < -0.3 is 5.32 Å². The van der Waals surface area contributed by atoms with E-state index in [1.807, 2.05) is 22.8 Å². The first kappa shape index (κ1) is 11.0. The molecule has 1 N–H and O–H groups in total. The molecule has 4 rings (SSSR count). The third-order valence-electron chi connectivity index (χ3n) is 4.00. The van der Waals surface area contributed by atoms with E-state index in [4.69, 9.17) is 0 Å². The molecule has 2 aliphatic carbocycles. The highest BCUT2D eigenvalue weighted by Gasteiger charge is 2.27. The van der Waals surface area contributed by atoms with Crippen LogP contribution in [0.3, 0.4) is 0 Å². The quantitative estimate of drug-likeness (QED) is 0.913. The Hall–Kier alpha value is -1.84. The lowest BCUT2D eigenvalue weighted by atomic mass is 10.2. The van der Waals surface area contributed by atoms with Crippen molar-refractivity contribution in [3.05, 3.63) is 34.7 Å². The van der Waals surface area contributed by atoms with Gasteiger partial charge in [0.1, 0.15) is 5.82 Å². The Morgan fingerprint density at radius 3 is 2.74 bits per heavy atom. The van der Waals surface area contributed by atoms with Gasteiger partial charge in [0.15, 0.2) is 0 Å². The molecule has 19 heavy (non-hydrogen) atoms. The molecule has 0 radical (unpaired) electrons. The van der Waals surface area contributed by atoms with E-state index in [1.165, 1.54) is 12.8 Å². The Labute approximate surface area is 111 Å². The van der Waals surface area contributed by atoms with Gasteiger partial charge in [0, 0.05) is 18.0 Å². The molecule has 0 unspecified atom stereocenters. The van der Waals surface area contributed by atoms with Crippen LogP contribution in [0.2, 0.25) is 0 Å². The molecule has 1 aromatic carbocycles. The number of benzene rings is 1. The van der Waals surface area contributed by atoms with Gasteiger partial charge in [0.2, 0.25) is 0 Å². The van der Waals surface area contributed by atoms with Crippen LogP contribution in [-0.4, -0.2) is 16.1 Å². The largest absolute Gasteiger partial charge is 0.369 e. The predicted octanol–water partition coefficient (Wildman–Crippen LogP) is 2.55. The Morgan fingerprint density at radius 2 is 2.00 bits per heavy atom. The van der Waals surface area contributed by atoms with Crippen molar-refractivity contribution in [1.29, 1.82) is 0 Å². The highest BCUT2D eigenvalue weighted by atomic mass is 16.1. The summed E-state index contributed by atoms with van der Waals surface area (Å²) in [5.41, 5.74) is 0.905. The van der Waals surface area contributed by atoms with Crippen LogP contribution in [0.15, 0.2) is 29.1 Å². The highest BCUT2D eigenvalue weighted by molar-refractivity contribution is 5.89. The highest BCUT2D eigenvalue weighted by Crippen LogP contribution is 2.36. The third-order valence-corrected chi connectivity index (χ3v) is 4.00. The molecule has 2 saturated carbocycles. The van der Waals surface area contributed by atoms with Gasteiger partial charge in [-0.3, -0.25) is 4.57 Å². The normalized spacial score (nSPS) is 18.7. The molecule has 2 aliphatic rings. The van der Waals surface area contributed by atoms with E-state index in [-0.39, 0.29) is 5.69 Å². The van der Waals surface area contributed by atoms with Gasteiger partial charge in [-0.05, 0) is 43.7 Å². The zero-order chi connectivity index (χ0) is 12.8. The lowest BCUT2D eigenvalue weighted by molar-refractivity contribution is 0.712. The van der Waals surface area contributed by atoms with Crippen LogP contribution < -0.4 is 11.0 Å². The van der Waals surface area contributed by atoms with Crippen molar-refractivity contribution in [2.75, 3.05) is 11.9 Å². The zero-order valence-corrected chi connectivity index (χ0v) is 10.8. The van der Waals surface area contributed by atoms with E-state index in [9.17, 15) is 4.79 Å². The molecule has 1 heterocycles. The maximum atomic E-state index is 12.2. The molecule has 4 nitrogen and oxygen atoms in total. The van der Waals surface area contributed by atoms with Gasteiger partial charge in [0.05, 0.1) is 5.52 Å². The van der Waals surface area contributed by atoms with Crippen molar-refractivity contribution in [2.45, 2.75) is 31.7 Å². The Morgan fingerprint density at radius 1 is 1.21 bits per heavy atom. The first-order valence-electron chi connectivity index (χ1n) is 7.08. The molecule has 0 saturated heterocycles. The fourth-order valence-corrected chi connectivity index (χ4v) is 2.58. The molecule has 2 aromatic rings. The van der Waals surface area contributed by atoms with Crippen molar-refractivity contribution in [3.8, 4) is 0 Å². The van der Waals surface area contributed by atoms with E-state index in [1.54, 1.807) is 0 Å². The van der Waals surface area contributed by atoms with Gasteiger partial charge in [-0.2, -0.15) is 4.98 Å². The van der Waals surface area contributed by atoms with Crippen molar-refractivity contribution in [1.82, 2.24) is 9.55 Å². The van der Waals surface area contributed by atoms with E-state index < -0.39 is 0 Å². The molecule has 0 amide bonds. The van der Waals surface area contributed by atoms with Crippen molar-refractivity contribution >= 4 is 16.7 Å². The van der Waals surface area contributed by atoms with Crippen molar-refractivity contribution < 1.29 is 0 Å². The second-order valence-electron chi connectivity index (χ2n) is 5.69. The van der Waals surface area contributed by atoms with Crippen LogP contribution in [0.5, 0.6) is 0 Å². The second kappa shape index (κ2) is 4.08. The van der Waals surface area contributed by atoms with Gasteiger partial charge >= 0.3 is 5.69 Å². The minimum atomic E-state index is -0.112. The van der Waals surface area contributed by atoms with Crippen molar-refractivity contribution in [3.63, 3.8) is 0 Å². The lowest BCUT2D eigenvalue weighted by Gasteiger charge is -2.12. The first-order chi connectivity index (χ1) is 9.33. The van der Waals surface area contributed by atoms with Crippen LogP contribution >= 0.6 is 0 Å². The van der Waals surface area contributed by atoms with E-state index in [0.717, 1.165) is 42.0 Å². The number of hydrogen-bond acceptors (Lipinski definition) is 3. The smallest absolute Gasteiger partial charge is 0.350 e. The van der Waals surface area contributed by atoms with Gasteiger partial charge in [-0.1, -0.05) is 12.1 Å². The summed E-state index contributed by atoms with van der Waals surface area (Å²) in [5.74, 6) is 1.52. The SMILES string of the molecule is O=c1nc(NCC2CC2)c2ccccc2n1C1CC1. The van der Waals surface area contributed by atoms with E-state index in [2.05, 4.69) is 16.4 Å². The summed E-state index contributed by atoms with van der Waals surface area (Å²) >= 11 is 0. The Bertz CT molecular complexity index is 683. The van der Waals surface area contributed by atoms with Crippen LogP contribution in [0.25, 0.3) is 10.9 Å². The van der Waals surface area contributed by atoms with Crippen molar-refractivity contribution in [2.24, 2.45) is 5.92 Å². The molecule has 0 atom stereocenters. The van der Waals surface area contributed by atoms with Crippen LogP contribution in [0.1, 0.15) is 31.7 Å². The summed E-state index contributed by atoms with van der Waals surface area (Å²) in [4.78, 5) is 16.5. The monoisotopic (exact) mass is 255 g/mol. The Balaban J connectivity index is 1.83. The third kappa shape index (κ3) is 2.01. The Kier molecular flexibility index (Phi) is 2.37. The number of nitrogens with one attached hydrogen (secondary N) is 1. The minimum absolute atomic E-state index is 0.112. The topological polar surface area (TPSA) is 46.9 Å². The number of para-hydroxylation sites is 1. The zero-order valence-electron chi connectivity index (χ0n) is 10.8. The van der Waals surface area contributed by atoms with Gasteiger partial charge in [-0.15, -0.1) is 0 Å². The van der Waals surface area contributed by atoms with Gasteiger partial charge in [-0.25, -0.2) is 4.79 Å². The van der Waals surface area contributed by atoms with Crippen LogP contribution in [0, 0.1) is 5.92 Å².